The molecule has 3 aromatic carbocycles. The molecule has 0 radical (unpaired) electrons. The molecule has 0 spiro atoms. The van der Waals surface area contributed by atoms with Crippen LogP contribution in [0.2, 0.25) is 0 Å². The Morgan fingerprint density at radius 3 is 2.05 bits per heavy atom. The minimum Gasteiger partial charge on any atom is -0.348 e. The first-order chi connectivity index (χ1) is 18.0. The molecular weight excluding hydrogens is 473 g/mol. The fourth-order valence-electron chi connectivity index (χ4n) is 4.96. The first-order valence-corrected chi connectivity index (χ1v) is 13.6. The third-order valence-corrected chi connectivity index (χ3v) is 7.16. The van der Waals surface area contributed by atoms with Crippen LogP contribution in [0.4, 0.5) is 13.2 Å². The zero-order valence-corrected chi connectivity index (χ0v) is 21.9. The van der Waals surface area contributed by atoms with Crippen LogP contribution in [-0.4, -0.2) is 13.2 Å². The molecule has 0 aliphatic carbocycles. The van der Waals surface area contributed by atoms with E-state index >= 15 is 0 Å². The fraction of sp³-hybridized carbons (Fsp3) is 0.438. The number of halogens is 3. The lowest BCUT2D eigenvalue weighted by molar-refractivity contribution is -0.207. The molecule has 0 atom stereocenters. The van der Waals surface area contributed by atoms with E-state index in [1.54, 1.807) is 42.5 Å². The molecule has 3 aromatic rings. The number of hydrogen-bond acceptors (Lipinski definition) is 2. The standard InChI is InChI=1S/C32H37F3O2/c1-3-5-6-7-8-10-25-15-17-27(31(35)30(25)34)24-13-11-23(12-14-24)26-16-18-28(29(33)19-26)32-36-20-22(9-4-2)21-37-32/h11-19,22,32H,3-10,20-21H2,1-2H3. The van der Waals surface area contributed by atoms with E-state index in [-0.39, 0.29) is 11.4 Å². The summed E-state index contributed by atoms with van der Waals surface area (Å²) >= 11 is 0. The first-order valence-electron chi connectivity index (χ1n) is 13.6. The molecule has 1 saturated heterocycles. The Bertz CT molecular complexity index is 1150. The summed E-state index contributed by atoms with van der Waals surface area (Å²) < 4.78 is 56.1. The number of unbranched alkanes of at least 4 members (excludes halogenated alkanes) is 4. The first kappa shape index (κ1) is 27.4. The van der Waals surface area contributed by atoms with Crippen LogP contribution in [-0.2, 0) is 15.9 Å². The maximum absolute atomic E-state index is 14.9. The molecule has 0 amide bonds. The predicted octanol–water partition coefficient (Wildman–Crippen LogP) is 9.41. The Hall–Kier alpha value is -2.63. The third kappa shape index (κ3) is 6.82. The average molecular weight is 511 g/mol. The van der Waals surface area contributed by atoms with E-state index in [0.717, 1.165) is 44.1 Å². The molecule has 0 bridgehead atoms. The molecule has 0 saturated carbocycles. The van der Waals surface area contributed by atoms with Gasteiger partial charge in [0.15, 0.2) is 17.9 Å². The predicted molar refractivity (Wildman–Crippen MR) is 143 cm³/mol. The number of rotatable bonds is 11. The maximum atomic E-state index is 14.9. The molecular formula is C32H37F3O2. The molecule has 198 valence electrons. The van der Waals surface area contributed by atoms with Crippen molar-refractivity contribution in [3.8, 4) is 22.3 Å². The highest BCUT2D eigenvalue weighted by Gasteiger charge is 2.25. The van der Waals surface area contributed by atoms with E-state index in [1.807, 2.05) is 6.07 Å². The Labute approximate surface area is 218 Å². The van der Waals surface area contributed by atoms with Crippen LogP contribution >= 0.6 is 0 Å². The Kier molecular flexibility index (Phi) is 9.81. The van der Waals surface area contributed by atoms with Crippen molar-refractivity contribution in [2.45, 2.75) is 71.5 Å². The van der Waals surface area contributed by atoms with Gasteiger partial charge in [0.1, 0.15) is 5.82 Å². The summed E-state index contributed by atoms with van der Waals surface area (Å²) in [7, 11) is 0. The van der Waals surface area contributed by atoms with Crippen LogP contribution in [0.1, 0.15) is 76.2 Å². The van der Waals surface area contributed by atoms with Gasteiger partial charge in [-0.1, -0.05) is 94.5 Å². The average Bonchev–Trinajstić information content (AvgIpc) is 2.92. The van der Waals surface area contributed by atoms with Crippen molar-refractivity contribution in [3.05, 3.63) is 83.2 Å². The van der Waals surface area contributed by atoms with Crippen LogP contribution in [0.15, 0.2) is 54.6 Å². The highest BCUT2D eigenvalue weighted by Crippen LogP contribution is 2.33. The second-order valence-corrected chi connectivity index (χ2v) is 10.0. The molecule has 0 N–H and O–H groups in total. The SMILES string of the molecule is CCCCCCCc1ccc(-c2ccc(-c3ccc(C4OCC(CCC)CO4)c(F)c3)cc2)c(F)c1F. The third-order valence-electron chi connectivity index (χ3n) is 7.16. The second-order valence-electron chi connectivity index (χ2n) is 10.0. The van der Waals surface area contributed by atoms with E-state index in [0.29, 0.717) is 47.8 Å². The Balaban J connectivity index is 1.43. The topological polar surface area (TPSA) is 18.5 Å². The lowest BCUT2D eigenvalue weighted by Crippen LogP contribution is -2.27. The Morgan fingerprint density at radius 1 is 0.703 bits per heavy atom. The molecule has 1 heterocycles. The minimum atomic E-state index is -0.817. The van der Waals surface area contributed by atoms with Crippen molar-refractivity contribution >= 4 is 0 Å². The molecule has 1 fully saturated rings. The monoisotopic (exact) mass is 510 g/mol. The van der Waals surface area contributed by atoms with E-state index in [4.69, 9.17) is 9.47 Å². The molecule has 1 aliphatic rings. The highest BCUT2D eigenvalue weighted by molar-refractivity contribution is 5.71. The zero-order valence-electron chi connectivity index (χ0n) is 21.9. The number of hydrogen-bond donors (Lipinski definition) is 0. The summed E-state index contributed by atoms with van der Waals surface area (Å²) in [5.41, 5.74) is 3.10. The number of benzene rings is 3. The van der Waals surface area contributed by atoms with Crippen molar-refractivity contribution in [2.24, 2.45) is 5.92 Å². The van der Waals surface area contributed by atoms with Gasteiger partial charge in [0.05, 0.1) is 13.2 Å². The Morgan fingerprint density at radius 2 is 1.38 bits per heavy atom. The van der Waals surface area contributed by atoms with Crippen molar-refractivity contribution in [1.82, 2.24) is 0 Å². The summed E-state index contributed by atoms with van der Waals surface area (Å²) in [6.07, 6.45) is 7.29. The minimum absolute atomic E-state index is 0.230. The van der Waals surface area contributed by atoms with Crippen LogP contribution in [0.3, 0.4) is 0 Å². The smallest absolute Gasteiger partial charge is 0.186 e. The van der Waals surface area contributed by atoms with Gasteiger partial charge in [-0.25, -0.2) is 13.2 Å². The molecule has 37 heavy (non-hydrogen) atoms. The van der Waals surface area contributed by atoms with Gasteiger partial charge in [0, 0.05) is 17.0 Å². The van der Waals surface area contributed by atoms with Crippen molar-refractivity contribution in [1.29, 1.82) is 0 Å². The quantitative estimate of drug-likeness (QED) is 0.239. The van der Waals surface area contributed by atoms with E-state index < -0.39 is 17.9 Å². The van der Waals surface area contributed by atoms with E-state index in [2.05, 4.69) is 13.8 Å². The number of ether oxygens (including phenoxy) is 2. The lowest BCUT2D eigenvalue weighted by Gasteiger charge is -2.29. The normalized spacial score (nSPS) is 17.8. The highest BCUT2D eigenvalue weighted by atomic mass is 19.2. The lowest BCUT2D eigenvalue weighted by atomic mass is 9.97. The molecule has 1 aliphatic heterocycles. The summed E-state index contributed by atoms with van der Waals surface area (Å²) in [6.45, 7) is 5.41. The summed E-state index contributed by atoms with van der Waals surface area (Å²) in [4.78, 5) is 0. The second kappa shape index (κ2) is 13.3. The van der Waals surface area contributed by atoms with Gasteiger partial charge < -0.3 is 9.47 Å². The molecule has 0 unspecified atom stereocenters. The van der Waals surface area contributed by atoms with E-state index in [9.17, 15) is 13.2 Å². The van der Waals surface area contributed by atoms with Crippen LogP contribution < -0.4 is 0 Å². The van der Waals surface area contributed by atoms with Crippen molar-refractivity contribution < 1.29 is 22.6 Å². The number of aryl methyl sites for hydroxylation is 1. The molecule has 4 rings (SSSR count). The van der Waals surface area contributed by atoms with E-state index in [1.165, 1.54) is 12.5 Å². The summed E-state index contributed by atoms with van der Waals surface area (Å²) in [5.74, 6) is -1.61. The van der Waals surface area contributed by atoms with Gasteiger partial charge in [-0.3, -0.25) is 0 Å². The van der Waals surface area contributed by atoms with Crippen molar-refractivity contribution in [3.63, 3.8) is 0 Å². The van der Waals surface area contributed by atoms with Gasteiger partial charge in [-0.05, 0) is 47.6 Å². The zero-order chi connectivity index (χ0) is 26.2. The largest absolute Gasteiger partial charge is 0.348 e. The van der Waals surface area contributed by atoms with Gasteiger partial charge in [-0.15, -0.1) is 0 Å². The summed E-state index contributed by atoms with van der Waals surface area (Å²) in [6, 6.07) is 15.4. The van der Waals surface area contributed by atoms with Crippen LogP contribution in [0.25, 0.3) is 22.3 Å². The van der Waals surface area contributed by atoms with Crippen LogP contribution in [0, 0.1) is 23.4 Å². The molecule has 0 aromatic heterocycles. The maximum Gasteiger partial charge on any atom is 0.186 e. The van der Waals surface area contributed by atoms with Gasteiger partial charge >= 0.3 is 0 Å². The van der Waals surface area contributed by atoms with Gasteiger partial charge in [0.2, 0.25) is 0 Å². The summed E-state index contributed by atoms with van der Waals surface area (Å²) in [5, 5.41) is 0. The van der Waals surface area contributed by atoms with Crippen molar-refractivity contribution in [2.75, 3.05) is 13.2 Å². The van der Waals surface area contributed by atoms with Gasteiger partial charge in [0.25, 0.3) is 0 Å². The fourth-order valence-corrected chi connectivity index (χ4v) is 4.96. The molecule has 2 nitrogen and oxygen atoms in total. The van der Waals surface area contributed by atoms with Crippen LogP contribution in [0.5, 0.6) is 0 Å². The molecule has 5 heteroatoms. The van der Waals surface area contributed by atoms with Gasteiger partial charge in [-0.2, -0.15) is 0 Å².